The molecule has 1 unspecified atom stereocenters. The second-order valence-electron chi connectivity index (χ2n) is 8.46. The van der Waals surface area contributed by atoms with Crippen LogP contribution in [0.2, 0.25) is 5.02 Å². The number of ketones is 1. The third-order valence-electron chi connectivity index (χ3n) is 6.39. The Kier molecular flexibility index (Phi) is 6.05. The van der Waals surface area contributed by atoms with E-state index in [9.17, 15) is 19.1 Å². The molecule has 2 aliphatic heterocycles. The van der Waals surface area contributed by atoms with Crippen LogP contribution in [0.25, 0.3) is 5.76 Å². The van der Waals surface area contributed by atoms with Crippen LogP contribution in [-0.2, 0) is 9.59 Å². The first-order valence-electron chi connectivity index (χ1n) is 11.2. The molecule has 2 heterocycles. The van der Waals surface area contributed by atoms with Crippen molar-refractivity contribution in [3.63, 3.8) is 0 Å². The number of fused-ring (bicyclic) bond motifs is 1. The molecule has 0 radical (unpaired) electrons. The lowest BCUT2D eigenvalue weighted by atomic mass is 9.94. The Morgan fingerprint density at radius 1 is 1.14 bits per heavy atom. The number of methoxy groups -OCH3 is 1. The van der Waals surface area contributed by atoms with Crippen molar-refractivity contribution >= 4 is 40.4 Å². The number of para-hydroxylation sites is 1. The van der Waals surface area contributed by atoms with E-state index in [1.54, 1.807) is 42.5 Å². The fourth-order valence-electron chi connectivity index (χ4n) is 4.57. The normalized spacial score (nSPS) is 18.7. The maximum Gasteiger partial charge on any atom is 0.300 e. The summed E-state index contributed by atoms with van der Waals surface area (Å²) in [6.07, 6.45) is 0. The van der Waals surface area contributed by atoms with E-state index >= 15 is 0 Å². The summed E-state index contributed by atoms with van der Waals surface area (Å²) in [7, 11) is 3.37. The molecule has 7 nitrogen and oxygen atoms in total. The van der Waals surface area contributed by atoms with Crippen molar-refractivity contribution in [2.45, 2.75) is 6.04 Å². The van der Waals surface area contributed by atoms with E-state index in [-0.39, 0.29) is 22.0 Å². The van der Waals surface area contributed by atoms with Gasteiger partial charge < -0.3 is 19.5 Å². The number of anilines is 2. The minimum absolute atomic E-state index is 0.121. The van der Waals surface area contributed by atoms with Gasteiger partial charge in [-0.3, -0.25) is 14.5 Å². The SMILES string of the molecule is COc1ccccc1C1/C(=C(\O)c2ccc3c(c2)N(C)CCO3)C(=O)C(=O)N1c1ccc(F)c(Cl)c1. The third kappa shape index (κ3) is 3.83. The van der Waals surface area contributed by atoms with Crippen molar-refractivity contribution in [2.75, 3.05) is 37.1 Å². The molecule has 184 valence electrons. The predicted octanol–water partition coefficient (Wildman–Crippen LogP) is 4.94. The van der Waals surface area contributed by atoms with Gasteiger partial charge >= 0.3 is 0 Å². The summed E-state index contributed by atoms with van der Waals surface area (Å²) in [4.78, 5) is 29.9. The van der Waals surface area contributed by atoms with Crippen LogP contribution in [-0.4, -0.2) is 44.1 Å². The highest BCUT2D eigenvalue weighted by Crippen LogP contribution is 2.46. The number of ether oxygens (including phenoxy) is 2. The van der Waals surface area contributed by atoms with E-state index in [2.05, 4.69) is 0 Å². The zero-order valence-corrected chi connectivity index (χ0v) is 20.3. The molecule has 3 aromatic carbocycles. The monoisotopic (exact) mass is 508 g/mol. The van der Waals surface area contributed by atoms with Gasteiger partial charge in [-0.05, 0) is 42.5 Å². The number of halogens is 2. The molecule has 5 rings (SSSR count). The van der Waals surface area contributed by atoms with E-state index in [1.807, 2.05) is 11.9 Å². The summed E-state index contributed by atoms with van der Waals surface area (Å²) in [5.41, 5.74) is 1.65. The average molecular weight is 509 g/mol. The molecule has 9 heteroatoms. The number of aliphatic hydroxyl groups is 1. The Hall–Kier alpha value is -4.04. The largest absolute Gasteiger partial charge is 0.507 e. The van der Waals surface area contributed by atoms with Crippen LogP contribution >= 0.6 is 11.6 Å². The molecule has 1 saturated heterocycles. The molecule has 2 aliphatic rings. The highest BCUT2D eigenvalue weighted by molar-refractivity contribution is 6.52. The van der Waals surface area contributed by atoms with Crippen LogP contribution < -0.4 is 19.3 Å². The van der Waals surface area contributed by atoms with Gasteiger partial charge in [0.15, 0.2) is 0 Å². The molecule has 0 aliphatic carbocycles. The number of Topliss-reactive ketones (excluding diaryl/α,β-unsaturated/α-hetero) is 1. The minimum atomic E-state index is -1.05. The van der Waals surface area contributed by atoms with Gasteiger partial charge in [-0.1, -0.05) is 29.8 Å². The average Bonchev–Trinajstić information content (AvgIpc) is 3.15. The van der Waals surface area contributed by atoms with Crippen molar-refractivity contribution in [1.82, 2.24) is 0 Å². The van der Waals surface area contributed by atoms with Crippen LogP contribution in [0.1, 0.15) is 17.2 Å². The topological polar surface area (TPSA) is 79.3 Å². The number of rotatable bonds is 4. The van der Waals surface area contributed by atoms with Crippen LogP contribution in [0.15, 0.2) is 66.2 Å². The van der Waals surface area contributed by atoms with E-state index in [0.29, 0.717) is 35.8 Å². The Bertz CT molecular complexity index is 1420. The Balaban J connectivity index is 1.73. The van der Waals surface area contributed by atoms with Crippen molar-refractivity contribution in [3.8, 4) is 11.5 Å². The molecule has 0 spiro atoms. The third-order valence-corrected chi connectivity index (χ3v) is 6.68. The predicted molar refractivity (Wildman–Crippen MR) is 134 cm³/mol. The van der Waals surface area contributed by atoms with Crippen LogP contribution in [0.4, 0.5) is 15.8 Å². The number of likely N-dealkylation sites (N-methyl/N-ethyl adjacent to an activating group) is 1. The fourth-order valence-corrected chi connectivity index (χ4v) is 4.75. The summed E-state index contributed by atoms with van der Waals surface area (Å²) in [5.74, 6) is -1.71. The first-order valence-corrected chi connectivity index (χ1v) is 11.6. The quantitative estimate of drug-likeness (QED) is 0.305. The Labute approximate surface area is 211 Å². The summed E-state index contributed by atoms with van der Waals surface area (Å²) < 4.78 is 25.1. The second-order valence-corrected chi connectivity index (χ2v) is 8.87. The lowest BCUT2D eigenvalue weighted by Gasteiger charge is -2.28. The van der Waals surface area contributed by atoms with Gasteiger partial charge in [-0.2, -0.15) is 0 Å². The molecule has 1 atom stereocenters. The molecule has 36 heavy (non-hydrogen) atoms. The second kappa shape index (κ2) is 9.20. The van der Waals surface area contributed by atoms with Gasteiger partial charge in [0, 0.05) is 23.9 Å². The zero-order chi connectivity index (χ0) is 25.6. The summed E-state index contributed by atoms with van der Waals surface area (Å²) in [6, 6.07) is 14.7. The first-order chi connectivity index (χ1) is 17.3. The van der Waals surface area contributed by atoms with E-state index in [4.69, 9.17) is 21.1 Å². The highest BCUT2D eigenvalue weighted by atomic mass is 35.5. The number of aliphatic hydroxyl groups excluding tert-OH is 1. The number of nitrogens with zero attached hydrogens (tertiary/aromatic N) is 2. The maximum atomic E-state index is 13.9. The highest BCUT2D eigenvalue weighted by Gasteiger charge is 2.48. The standard InChI is InChI=1S/C27H22ClFN2O5/c1-30-11-12-36-22-10-7-15(13-20(22)30)25(32)23-24(17-5-3-4-6-21(17)35-2)31(27(34)26(23)33)16-8-9-19(29)18(28)14-16/h3-10,13-14,24,32H,11-12H2,1-2H3/b25-23+. The Morgan fingerprint density at radius 3 is 2.67 bits per heavy atom. The van der Waals surface area contributed by atoms with Gasteiger partial charge in [0.25, 0.3) is 11.7 Å². The molecule has 1 N–H and O–H groups in total. The smallest absolute Gasteiger partial charge is 0.300 e. The molecule has 3 aromatic rings. The fraction of sp³-hybridized carbons (Fsp3) is 0.185. The number of hydrogen-bond donors (Lipinski definition) is 1. The maximum absolute atomic E-state index is 13.9. The van der Waals surface area contributed by atoms with E-state index in [1.165, 1.54) is 24.1 Å². The van der Waals surface area contributed by atoms with Crippen molar-refractivity contribution in [1.29, 1.82) is 0 Å². The number of carbonyl (C=O) groups excluding carboxylic acids is 2. The van der Waals surface area contributed by atoms with Crippen molar-refractivity contribution in [3.05, 3.63) is 88.2 Å². The van der Waals surface area contributed by atoms with Crippen LogP contribution in [0.3, 0.4) is 0 Å². The lowest BCUT2D eigenvalue weighted by molar-refractivity contribution is -0.132. The zero-order valence-electron chi connectivity index (χ0n) is 19.5. The van der Waals surface area contributed by atoms with Crippen molar-refractivity contribution < 1.29 is 28.6 Å². The van der Waals surface area contributed by atoms with Crippen LogP contribution in [0, 0.1) is 5.82 Å². The minimum Gasteiger partial charge on any atom is -0.507 e. The molecule has 0 aromatic heterocycles. The molecule has 0 bridgehead atoms. The lowest BCUT2D eigenvalue weighted by Crippen LogP contribution is -2.29. The summed E-state index contributed by atoms with van der Waals surface area (Å²) in [6.45, 7) is 1.20. The van der Waals surface area contributed by atoms with Gasteiger partial charge in [0.2, 0.25) is 0 Å². The summed E-state index contributed by atoms with van der Waals surface area (Å²) >= 11 is 6.00. The molecular formula is C27H22ClFN2O5. The van der Waals surface area contributed by atoms with Gasteiger partial charge in [-0.15, -0.1) is 0 Å². The molecule has 0 saturated carbocycles. The Morgan fingerprint density at radius 2 is 1.92 bits per heavy atom. The first kappa shape index (κ1) is 23.7. The molecular weight excluding hydrogens is 487 g/mol. The number of hydrogen-bond acceptors (Lipinski definition) is 6. The summed E-state index contributed by atoms with van der Waals surface area (Å²) in [5, 5.41) is 11.2. The molecule has 1 fully saturated rings. The van der Waals surface area contributed by atoms with E-state index < -0.39 is 23.5 Å². The number of carbonyl (C=O) groups is 2. The van der Waals surface area contributed by atoms with Gasteiger partial charge in [0.1, 0.15) is 29.7 Å². The van der Waals surface area contributed by atoms with E-state index in [0.717, 1.165) is 11.8 Å². The van der Waals surface area contributed by atoms with Gasteiger partial charge in [-0.25, -0.2) is 4.39 Å². The number of benzene rings is 3. The number of amides is 1. The van der Waals surface area contributed by atoms with Gasteiger partial charge in [0.05, 0.1) is 36.0 Å². The molecule has 1 amide bonds. The van der Waals surface area contributed by atoms with Crippen LogP contribution in [0.5, 0.6) is 11.5 Å². The van der Waals surface area contributed by atoms with Crippen molar-refractivity contribution in [2.24, 2.45) is 0 Å².